The van der Waals surface area contributed by atoms with Crippen LogP contribution in [0.25, 0.3) is 11.2 Å². The standard InChI is InChI=1S/C11H15N5O4/c1-2-3-4-16-8-7(9(19)15-11(16)20)13-10(14-8)12-5-6(17)18/h2-5H2,1H3,(H,17,18)(H2,12,13,14)(H,15,19,20). The van der Waals surface area contributed by atoms with Gasteiger partial charge in [0.05, 0.1) is 0 Å². The molecule has 0 atom stereocenters. The molecule has 0 amide bonds. The van der Waals surface area contributed by atoms with Gasteiger partial charge >= 0.3 is 11.7 Å². The van der Waals surface area contributed by atoms with E-state index in [4.69, 9.17) is 5.11 Å². The van der Waals surface area contributed by atoms with Gasteiger partial charge in [0.2, 0.25) is 5.95 Å². The largest absolute Gasteiger partial charge is 0.480 e. The molecule has 2 aromatic rings. The van der Waals surface area contributed by atoms with Crippen LogP contribution in [0, 0.1) is 0 Å². The molecule has 4 N–H and O–H groups in total. The Labute approximate surface area is 112 Å². The summed E-state index contributed by atoms with van der Waals surface area (Å²) in [6, 6.07) is 0. The number of aryl methyl sites for hydroxylation is 1. The molecule has 2 heterocycles. The maximum Gasteiger partial charge on any atom is 0.330 e. The van der Waals surface area contributed by atoms with Crippen LogP contribution in [0.2, 0.25) is 0 Å². The van der Waals surface area contributed by atoms with Crippen molar-refractivity contribution in [3.05, 3.63) is 20.8 Å². The molecule has 0 unspecified atom stereocenters. The predicted molar refractivity (Wildman–Crippen MR) is 72.0 cm³/mol. The first-order chi connectivity index (χ1) is 9.52. The molecule has 0 aliphatic rings. The number of carbonyl (C=O) groups is 1. The predicted octanol–water partition coefficient (Wildman–Crippen LogP) is -0.290. The van der Waals surface area contributed by atoms with Crippen LogP contribution >= 0.6 is 0 Å². The lowest BCUT2D eigenvalue weighted by Crippen LogP contribution is -2.30. The van der Waals surface area contributed by atoms with Crippen molar-refractivity contribution >= 4 is 23.1 Å². The summed E-state index contributed by atoms with van der Waals surface area (Å²) >= 11 is 0. The van der Waals surface area contributed by atoms with Crippen molar-refractivity contribution in [2.75, 3.05) is 11.9 Å². The molecule has 2 rings (SSSR count). The fraction of sp³-hybridized carbons (Fsp3) is 0.455. The van der Waals surface area contributed by atoms with Crippen molar-refractivity contribution in [3.63, 3.8) is 0 Å². The van der Waals surface area contributed by atoms with Crippen LogP contribution in [-0.2, 0) is 11.3 Å². The van der Waals surface area contributed by atoms with E-state index in [2.05, 4.69) is 20.3 Å². The lowest BCUT2D eigenvalue weighted by molar-refractivity contribution is -0.134. The van der Waals surface area contributed by atoms with E-state index in [0.717, 1.165) is 12.8 Å². The Morgan fingerprint density at radius 2 is 2.15 bits per heavy atom. The highest BCUT2D eigenvalue weighted by Gasteiger charge is 2.12. The summed E-state index contributed by atoms with van der Waals surface area (Å²) in [5, 5.41) is 11.1. The van der Waals surface area contributed by atoms with Gasteiger partial charge in [0.15, 0.2) is 11.2 Å². The molecule has 9 nitrogen and oxygen atoms in total. The number of aromatic nitrogens is 4. The van der Waals surface area contributed by atoms with Gasteiger partial charge in [-0.15, -0.1) is 0 Å². The fourth-order valence-corrected chi connectivity index (χ4v) is 1.81. The number of hydrogen-bond acceptors (Lipinski definition) is 5. The molecule has 108 valence electrons. The molecule has 0 spiro atoms. The van der Waals surface area contributed by atoms with Gasteiger partial charge in [-0.2, -0.15) is 4.98 Å². The summed E-state index contributed by atoms with van der Waals surface area (Å²) in [6.07, 6.45) is 1.66. The number of anilines is 1. The van der Waals surface area contributed by atoms with Crippen molar-refractivity contribution in [3.8, 4) is 0 Å². The van der Waals surface area contributed by atoms with Crippen LogP contribution in [0.15, 0.2) is 9.59 Å². The van der Waals surface area contributed by atoms with Crippen LogP contribution in [-0.4, -0.2) is 37.1 Å². The number of carboxylic acids is 1. The minimum atomic E-state index is -1.05. The number of carboxylic acid groups (broad SMARTS) is 1. The summed E-state index contributed by atoms with van der Waals surface area (Å²) in [6.45, 7) is 2.08. The second-order valence-electron chi connectivity index (χ2n) is 4.30. The molecule has 0 saturated carbocycles. The number of rotatable bonds is 6. The monoisotopic (exact) mass is 281 g/mol. The zero-order valence-corrected chi connectivity index (χ0v) is 10.9. The first-order valence-corrected chi connectivity index (χ1v) is 6.21. The minimum absolute atomic E-state index is 0.142. The number of imidazole rings is 1. The molecule has 0 aliphatic heterocycles. The third-order valence-corrected chi connectivity index (χ3v) is 2.78. The Kier molecular flexibility index (Phi) is 3.87. The lowest BCUT2D eigenvalue weighted by atomic mass is 10.3. The first-order valence-electron chi connectivity index (χ1n) is 6.21. The van der Waals surface area contributed by atoms with Gasteiger partial charge < -0.3 is 15.4 Å². The number of H-pyrrole nitrogens is 2. The summed E-state index contributed by atoms with van der Waals surface area (Å²) in [5.41, 5.74) is -0.727. The summed E-state index contributed by atoms with van der Waals surface area (Å²) < 4.78 is 1.36. The van der Waals surface area contributed by atoms with Crippen molar-refractivity contribution in [2.45, 2.75) is 26.3 Å². The normalized spacial score (nSPS) is 10.8. The molecule has 0 bridgehead atoms. The Hall–Kier alpha value is -2.58. The quantitative estimate of drug-likeness (QED) is 0.575. The van der Waals surface area contributed by atoms with Gasteiger partial charge in [-0.05, 0) is 6.42 Å². The van der Waals surface area contributed by atoms with Gasteiger partial charge in [0, 0.05) is 6.54 Å². The van der Waals surface area contributed by atoms with Gasteiger partial charge in [-0.1, -0.05) is 13.3 Å². The molecule has 20 heavy (non-hydrogen) atoms. The second-order valence-corrected chi connectivity index (χ2v) is 4.30. The molecule has 0 radical (unpaired) electrons. The van der Waals surface area contributed by atoms with Gasteiger partial charge in [-0.25, -0.2) is 4.79 Å². The summed E-state index contributed by atoms with van der Waals surface area (Å²) in [5.74, 6) is -0.911. The number of fused-ring (bicyclic) bond motifs is 1. The number of aliphatic carboxylic acids is 1. The van der Waals surface area contributed by atoms with Gasteiger partial charge in [0.25, 0.3) is 5.56 Å². The van der Waals surface area contributed by atoms with Crippen LogP contribution in [0.4, 0.5) is 5.95 Å². The Balaban J connectivity index is 2.48. The lowest BCUT2D eigenvalue weighted by Gasteiger charge is -2.03. The summed E-state index contributed by atoms with van der Waals surface area (Å²) in [7, 11) is 0. The molecular formula is C11H15N5O4. The zero-order valence-electron chi connectivity index (χ0n) is 10.9. The Morgan fingerprint density at radius 1 is 1.40 bits per heavy atom. The summed E-state index contributed by atoms with van der Waals surface area (Å²) in [4.78, 5) is 42.9. The van der Waals surface area contributed by atoms with E-state index in [1.165, 1.54) is 4.57 Å². The smallest absolute Gasteiger partial charge is 0.330 e. The maximum absolute atomic E-state index is 11.8. The van der Waals surface area contributed by atoms with E-state index in [-0.39, 0.29) is 23.7 Å². The van der Waals surface area contributed by atoms with Crippen molar-refractivity contribution < 1.29 is 9.90 Å². The van der Waals surface area contributed by atoms with E-state index in [0.29, 0.717) is 6.54 Å². The topological polar surface area (TPSA) is 133 Å². The van der Waals surface area contributed by atoms with E-state index < -0.39 is 17.2 Å². The van der Waals surface area contributed by atoms with Gasteiger partial charge in [0.1, 0.15) is 6.54 Å². The average Bonchev–Trinajstić information content (AvgIpc) is 2.80. The zero-order chi connectivity index (χ0) is 14.7. The third kappa shape index (κ3) is 2.71. The highest BCUT2D eigenvalue weighted by molar-refractivity contribution is 5.75. The van der Waals surface area contributed by atoms with E-state index in [1.807, 2.05) is 6.92 Å². The fourth-order valence-electron chi connectivity index (χ4n) is 1.81. The molecular weight excluding hydrogens is 266 g/mol. The first kappa shape index (κ1) is 13.8. The molecule has 0 aromatic carbocycles. The van der Waals surface area contributed by atoms with Crippen molar-refractivity contribution in [1.82, 2.24) is 19.5 Å². The SMILES string of the molecule is CCCCn1c(=O)[nH]c(=O)c2[nH]c(NCC(=O)O)nc21. The van der Waals surface area contributed by atoms with E-state index in [9.17, 15) is 14.4 Å². The third-order valence-electron chi connectivity index (χ3n) is 2.78. The second kappa shape index (κ2) is 5.59. The van der Waals surface area contributed by atoms with Crippen LogP contribution in [0.1, 0.15) is 19.8 Å². The molecule has 0 saturated heterocycles. The highest BCUT2D eigenvalue weighted by Crippen LogP contribution is 2.09. The molecule has 9 heteroatoms. The van der Waals surface area contributed by atoms with E-state index in [1.54, 1.807) is 0 Å². The average molecular weight is 281 g/mol. The number of nitrogens with zero attached hydrogens (tertiary/aromatic N) is 2. The number of unbranched alkanes of at least 4 members (excludes halogenated alkanes) is 1. The van der Waals surface area contributed by atoms with Crippen LogP contribution < -0.4 is 16.6 Å². The van der Waals surface area contributed by atoms with Crippen LogP contribution in [0.5, 0.6) is 0 Å². The van der Waals surface area contributed by atoms with Crippen molar-refractivity contribution in [1.29, 1.82) is 0 Å². The number of aromatic amines is 2. The number of nitrogens with one attached hydrogen (secondary N) is 3. The molecule has 0 aliphatic carbocycles. The highest BCUT2D eigenvalue weighted by atomic mass is 16.4. The van der Waals surface area contributed by atoms with Crippen LogP contribution in [0.3, 0.4) is 0 Å². The van der Waals surface area contributed by atoms with Crippen molar-refractivity contribution in [2.24, 2.45) is 0 Å². The Bertz CT molecular complexity index is 741. The minimum Gasteiger partial charge on any atom is -0.480 e. The Morgan fingerprint density at radius 3 is 2.80 bits per heavy atom. The molecule has 2 aromatic heterocycles. The molecule has 0 fully saturated rings. The van der Waals surface area contributed by atoms with E-state index >= 15 is 0 Å². The maximum atomic E-state index is 11.8. The van der Waals surface area contributed by atoms with Gasteiger partial charge in [-0.3, -0.25) is 19.1 Å². The number of hydrogen-bond donors (Lipinski definition) is 4.